The second-order valence-corrected chi connectivity index (χ2v) is 8.35. The Bertz CT molecular complexity index is 302. The Morgan fingerprint density at radius 1 is 1.10 bits per heavy atom. The van der Waals surface area contributed by atoms with Crippen LogP contribution < -0.4 is 0 Å². The van der Waals surface area contributed by atoms with Gasteiger partial charge in [0.05, 0.1) is 0 Å². The molecule has 2 heterocycles. The molecule has 0 bridgehead atoms. The molecule has 0 unspecified atom stereocenters. The van der Waals surface area contributed by atoms with E-state index in [2.05, 4.69) is 37.7 Å². The van der Waals surface area contributed by atoms with E-state index in [9.17, 15) is 0 Å². The molecule has 2 rings (SSSR count). The van der Waals surface area contributed by atoms with Crippen molar-refractivity contribution in [1.29, 1.82) is 0 Å². The highest BCUT2D eigenvalue weighted by molar-refractivity contribution is 4.98. The Morgan fingerprint density at radius 2 is 1.86 bits per heavy atom. The summed E-state index contributed by atoms with van der Waals surface area (Å²) < 4.78 is 0. The van der Waals surface area contributed by atoms with Gasteiger partial charge in [-0.05, 0) is 78.6 Å². The zero-order valence-corrected chi connectivity index (χ0v) is 15.0. The summed E-state index contributed by atoms with van der Waals surface area (Å²) in [5.74, 6) is 0.933. The van der Waals surface area contributed by atoms with E-state index < -0.39 is 0 Å². The van der Waals surface area contributed by atoms with E-state index in [1.54, 1.807) is 0 Å². The van der Waals surface area contributed by atoms with Crippen LogP contribution in [0.1, 0.15) is 78.1 Å². The molecule has 0 amide bonds. The molecule has 2 saturated heterocycles. The number of nitrogens with zero attached hydrogens (tertiary/aromatic N) is 2. The molecule has 0 aliphatic carbocycles. The molecule has 2 aliphatic heterocycles. The normalized spacial score (nSPS) is 34.1. The van der Waals surface area contributed by atoms with Crippen molar-refractivity contribution in [2.45, 2.75) is 89.6 Å². The first-order valence-electron chi connectivity index (χ1n) is 9.43. The van der Waals surface area contributed by atoms with Gasteiger partial charge in [0.1, 0.15) is 0 Å². The number of rotatable bonds is 7. The molecule has 2 aliphatic rings. The Morgan fingerprint density at radius 3 is 2.62 bits per heavy atom. The van der Waals surface area contributed by atoms with Crippen LogP contribution in [0.25, 0.3) is 0 Å². The molecule has 0 N–H and O–H groups in total. The zero-order chi connectivity index (χ0) is 15.3. The fraction of sp³-hybridized carbons (Fsp3) is 1.00. The Labute approximate surface area is 133 Å². The minimum Gasteiger partial charge on any atom is -0.309 e. The van der Waals surface area contributed by atoms with Crippen molar-refractivity contribution in [3.05, 3.63) is 0 Å². The van der Waals surface area contributed by atoms with E-state index in [0.717, 1.165) is 12.0 Å². The summed E-state index contributed by atoms with van der Waals surface area (Å²) in [7, 11) is 4.36. The van der Waals surface area contributed by atoms with Gasteiger partial charge in [-0.2, -0.15) is 0 Å². The summed E-state index contributed by atoms with van der Waals surface area (Å²) >= 11 is 0. The van der Waals surface area contributed by atoms with Gasteiger partial charge in [-0.1, -0.05) is 32.6 Å². The number of hydrogen-bond acceptors (Lipinski definition) is 2. The molecule has 2 heteroatoms. The second kappa shape index (κ2) is 7.97. The van der Waals surface area contributed by atoms with Crippen molar-refractivity contribution < 1.29 is 0 Å². The number of piperidine rings is 2. The fourth-order valence-electron chi connectivity index (χ4n) is 4.91. The highest BCUT2D eigenvalue weighted by Gasteiger charge is 2.42. The van der Waals surface area contributed by atoms with E-state index in [-0.39, 0.29) is 0 Å². The third-order valence-electron chi connectivity index (χ3n) is 5.85. The molecule has 0 aromatic carbocycles. The average molecular weight is 295 g/mol. The second-order valence-electron chi connectivity index (χ2n) is 8.35. The topological polar surface area (TPSA) is 6.48 Å². The molecular formula is C19H38N2. The lowest BCUT2D eigenvalue weighted by molar-refractivity contribution is -0.0409. The van der Waals surface area contributed by atoms with Gasteiger partial charge in [0.15, 0.2) is 0 Å². The largest absolute Gasteiger partial charge is 0.309 e. The van der Waals surface area contributed by atoms with Crippen molar-refractivity contribution in [2.24, 2.45) is 5.92 Å². The van der Waals surface area contributed by atoms with Gasteiger partial charge in [0.25, 0.3) is 0 Å². The third kappa shape index (κ3) is 4.96. The van der Waals surface area contributed by atoms with E-state index in [0.29, 0.717) is 5.54 Å². The van der Waals surface area contributed by atoms with Crippen molar-refractivity contribution in [1.82, 2.24) is 9.80 Å². The molecule has 0 radical (unpaired) electrons. The number of unbranched alkanes of at least 4 members (excludes halogenated alkanes) is 3. The Hall–Kier alpha value is -0.0800. The summed E-state index contributed by atoms with van der Waals surface area (Å²) in [5, 5.41) is 0. The molecule has 0 saturated carbocycles. The van der Waals surface area contributed by atoms with Crippen molar-refractivity contribution in [3.8, 4) is 0 Å². The highest BCUT2D eigenvalue weighted by Crippen LogP contribution is 2.42. The molecule has 2 nitrogen and oxygen atoms in total. The van der Waals surface area contributed by atoms with Crippen LogP contribution in [-0.4, -0.2) is 48.6 Å². The molecule has 0 aromatic heterocycles. The summed E-state index contributed by atoms with van der Waals surface area (Å²) in [6, 6.07) is 0.882. The van der Waals surface area contributed by atoms with Crippen LogP contribution in [0.5, 0.6) is 0 Å². The number of fused-ring (bicyclic) bond motifs is 1. The Kier molecular flexibility index (Phi) is 6.55. The van der Waals surface area contributed by atoms with Gasteiger partial charge in [0, 0.05) is 11.6 Å². The summed E-state index contributed by atoms with van der Waals surface area (Å²) in [6.45, 7) is 7.66. The SMILES string of the molecule is C[C@@H]1C[C@H](CCCCCCN(C)C)N2CCCC[C@@]2(C)C1. The van der Waals surface area contributed by atoms with Crippen LogP contribution in [0, 0.1) is 5.92 Å². The highest BCUT2D eigenvalue weighted by atomic mass is 15.2. The van der Waals surface area contributed by atoms with Gasteiger partial charge in [-0.25, -0.2) is 0 Å². The molecule has 2 fully saturated rings. The molecular weight excluding hydrogens is 256 g/mol. The van der Waals surface area contributed by atoms with Gasteiger partial charge in [-0.15, -0.1) is 0 Å². The molecule has 0 spiro atoms. The van der Waals surface area contributed by atoms with Crippen LogP contribution in [0.3, 0.4) is 0 Å². The van der Waals surface area contributed by atoms with Crippen molar-refractivity contribution in [2.75, 3.05) is 27.2 Å². The smallest absolute Gasteiger partial charge is 0.0186 e. The maximum Gasteiger partial charge on any atom is 0.0186 e. The average Bonchev–Trinajstić information content (AvgIpc) is 2.40. The van der Waals surface area contributed by atoms with E-state index in [4.69, 9.17) is 0 Å². The monoisotopic (exact) mass is 294 g/mol. The van der Waals surface area contributed by atoms with Crippen LogP contribution in [0.2, 0.25) is 0 Å². The van der Waals surface area contributed by atoms with Crippen LogP contribution in [0.15, 0.2) is 0 Å². The quantitative estimate of drug-likeness (QED) is 0.636. The zero-order valence-electron chi connectivity index (χ0n) is 15.0. The van der Waals surface area contributed by atoms with Gasteiger partial charge in [-0.3, -0.25) is 4.90 Å². The Balaban J connectivity index is 1.73. The standard InChI is InChI=1S/C19H38N2/c1-17-15-18(11-7-5-6-9-13-20(3)4)21-14-10-8-12-19(21,2)16-17/h17-18H,5-16H2,1-4H3/t17-,18+,19+/m1/s1. The minimum absolute atomic E-state index is 0.533. The fourth-order valence-corrected chi connectivity index (χ4v) is 4.91. The predicted molar refractivity (Wildman–Crippen MR) is 92.8 cm³/mol. The maximum atomic E-state index is 2.91. The van der Waals surface area contributed by atoms with Gasteiger partial charge < -0.3 is 4.90 Å². The van der Waals surface area contributed by atoms with Crippen LogP contribution in [0.4, 0.5) is 0 Å². The summed E-state index contributed by atoms with van der Waals surface area (Å²) in [6.07, 6.45) is 14.3. The van der Waals surface area contributed by atoms with Crippen molar-refractivity contribution >= 4 is 0 Å². The maximum absolute atomic E-state index is 2.91. The molecule has 124 valence electrons. The summed E-state index contributed by atoms with van der Waals surface area (Å²) in [4.78, 5) is 5.22. The van der Waals surface area contributed by atoms with Gasteiger partial charge in [0.2, 0.25) is 0 Å². The van der Waals surface area contributed by atoms with E-state index in [1.165, 1.54) is 77.3 Å². The van der Waals surface area contributed by atoms with Crippen molar-refractivity contribution in [3.63, 3.8) is 0 Å². The molecule has 0 aromatic rings. The minimum atomic E-state index is 0.533. The van der Waals surface area contributed by atoms with E-state index in [1.807, 2.05) is 0 Å². The lowest BCUT2D eigenvalue weighted by Gasteiger charge is -2.54. The molecule has 3 atom stereocenters. The lowest BCUT2D eigenvalue weighted by Crippen LogP contribution is -2.58. The van der Waals surface area contributed by atoms with Crippen LogP contribution in [-0.2, 0) is 0 Å². The summed E-state index contributed by atoms with van der Waals surface area (Å²) in [5.41, 5.74) is 0.533. The molecule has 21 heavy (non-hydrogen) atoms. The predicted octanol–water partition coefficient (Wildman–Crippen LogP) is 4.54. The first-order chi connectivity index (χ1) is 10.0. The van der Waals surface area contributed by atoms with E-state index >= 15 is 0 Å². The third-order valence-corrected chi connectivity index (χ3v) is 5.85. The number of hydrogen-bond donors (Lipinski definition) is 0. The van der Waals surface area contributed by atoms with Crippen LogP contribution >= 0.6 is 0 Å². The first-order valence-corrected chi connectivity index (χ1v) is 9.43. The first kappa shape index (κ1) is 17.3. The lowest BCUT2D eigenvalue weighted by atomic mass is 9.73. The van der Waals surface area contributed by atoms with Gasteiger partial charge >= 0.3 is 0 Å².